The van der Waals surface area contributed by atoms with Crippen LogP contribution >= 0.6 is 0 Å². The Morgan fingerprint density at radius 2 is 1.27 bits per heavy atom. The van der Waals surface area contributed by atoms with Gasteiger partial charge in [0, 0.05) is 6.42 Å². The molecule has 0 aromatic heterocycles. The number of imide groups is 1. The number of hydrogen-bond acceptors (Lipinski definition) is 6. The fraction of sp³-hybridized carbons (Fsp3) is 0.364. The van der Waals surface area contributed by atoms with Gasteiger partial charge in [0.05, 0.1) is 19.8 Å². The molecule has 0 radical (unpaired) electrons. The van der Waals surface area contributed by atoms with Crippen molar-refractivity contribution in [2.45, 2.75) is 63.7 Å². The molecule has 0 aliphatic heterocycles. The molecule has 0 aliphatic carbocycles. The van der Waals surface area contributed by atoms with Crippen LogP contribution in [0.15, 0.2) is 91.0 Å². The van der Waals surface area contributed by atoms with Gasteiger partial charge in [0.15, 0.2) is 0 Å². The first-order chi connectivity index (χ1) is 19.2. The zero-order chi connectivity index (χ0) is 29.0. The van der Waals surface area contributed by atoms with E-state index in [4.69, 9.17) is 14.2 Å². The first-order valence-corrected chi connectivity index (χ1v) is 13.5. The van der Waals surface area contributed by atoms with Crippen molar-refractivity contribution < 1.29 is 28.6 Å². The summed E-state index contributed by atoms with van der Waals surface area (Å²) in [6.07, 6.45) is 1.55. The lowest BCUT2D eigenvalue weighted by Gasteiger charge is -2.38. The molecule has 1 atom stereocenters. The van der Waals surface area contributed by atoms with Crippen LogP contribution in [0.1, 0.15) is 63.1 Å². The molecule has 0 aliphatic rings. The molecule has 40 heavy (non-hydrogen) atoms. The summed E-state index contributed by atoms with van der Waals surface area (Å²) < 4.78 is 17.2. The van der Waals surface area contributed by atoms with Crippen molar-refractivity contribution in [3.05, 3.63) is 108 Å². The predicted molar refractivity (Wildman–Crippen MR) is 154 cm³/mol. The van der Waals surface area contributed by atoms with Gasteiger partial charge in [-0.1, -0.05) is 97.4 Å². The molecule has 3 aromatic carbocycles. The van der Waals surface area contributed by atoms with E-state index in [1.165, 1.54) is 7.11 Å². The third-order valence-electron chi connectivity index (χ3n) is 6.54. The molecule has 0 saturated heterocycles. The molecule has 7 heteroatoms. The lowest BCUT2D eigenvalue weighted by Crippen LogP contribution is -2.46. The average Bonchev–Trinajstić information content (AvgIpc) is 2.96. The smallest absolute Gasteiger partial charge is 0.417 e. The van der Waals surface area contributed by atoms with E-state index in [1.54, 1.807) is 20.8 Å². The van der Waals surface area contributed by atoms with Gasteiger partial charge in [-0.15, -0.1) is 0 Å². The second-order valence-electron chi connectivity index (χ2n) is 10.6. The van der Waals surface area contributed by atoms with E-state index < -0.39 is 23.3 Å². The Balaban J connectivity index is 2.03. The summed E-state index contributed by atoms with van der Waals surface area (Å²) in [6.45, 7) is 5.29. The summed E-state index contributed by atoms with van der Waals surface area (Å²) in [4.78, 5) is 38.1. The monoisotopic (exact) mass is 545 g/mol. The number of ether oxygens (including phenoxy) is 3. The lowest BCUT2D eigenvalue weighted by molar-refractivity contribution is -0.140. The normalized spacial score (nSPS) is 12.3. The van der Waals surface area contributed by atoms with Crippen LogP contribution in [0.25, 0.3) is 0 Å². The molecule has 0 saturated carbocycles. The van der Waals surface area contributed by atoms with Gasteiger partial charge in [0.2, 0.25) is 6.41 Å². The molecular formula is C33H39NO6. The zero-order valence-corrected chi connectivity index (χ0v) is 23.7. The Bertz CT molecular complexity index is 1110. The summed E-state index contributed by atoms with van der Waals surface area (Å²) >= 11 is 0. The Morgan fingerprint density at radius 1 is 0.800 bits per heavy atom. The number of methoxy groups -OCH3 is 1. The molecule has 2 amide bonds. The Labute approximate surface area is 237 Å². The number of carbonyl (C=O) groups is 3. The minimum Gasteiger partial charge on any atom is -0.469 e. The predicted octanol–water partition coefficient (Wildman–Crippen LogP) is 6.49. The van der Waals surface area contributed by atoms with Crippen molar-refractivity contribution in [2.75, 3.05) is 13.7 Å². The molecular weight excluding hydrogens is 506 g/mol. The van der Waals surface area contributed by atoms with Crippen molar-refractivity contribution in [1.29, 1.82) is 0 Å². The van der Waals surface area contributed by atoms with Crippen LogP contribution in [0, 0.1) is 0 Å². The van der Waals surface area contributed by atoms with Gasteiger partial charge in [-0.3, -0.25) is 9.59 Å². The van der Waals surface area contributed by atoms with Crippen LogP contribution in [0.3, 0.4) is 0 Å². The molecule has 0 fully saturated rings. The summed E-state index contributed by atoms with van der Waals surface area (Å²) in [5, 5.41) is 0. The van der Waals surface area contributed by atoms with E-state index in [-0.39, 0.29) is 19.0 Å². The summed E-state index contributed by atoms with van der Waals surface area (Å²) in [6, 6.07) is 29.0. The van der Waals surface area contributed by atoms with Crippen LogP contribution in [0.2, 0.25) is 0 Å². The number of amides is 2. The van der Waals surface area contributed by atoms with Crippen molar-refractivity contribution in [3.8, 4) is 0 Å². The van der Waals surface area contributed by atoms with Gasteiger partial charge in [-0.2, -0.15) is 0 Å². The quantitative estimate of drug-likeness (QED) is 0.106. The minimum absolute atomic E-state index is 0.0366. The molecule has 3 rings (SSSR count). The molecule has 7 nitrogen and oxygen atoms in total. The minimum atomic E-state index is -1.02. The summed E-state index contributed by atoms with van der Waals surface area (Å²) in [5.41, 5.74) is 0.929. The highest BCUT2D eigenvalue weighted by Gasteiger charge is 2.39. The molecule has 0 bridgehead atoms. The average molecular weight is 546 g/mol. The van der Waals surface area contributed by atoms with E-state index in [1.807, 2.05) is 91.0 Å². The number of benzene rings is 3. The number of hydrogen-bond donors (Lipinski definition) is 0. The maximum absolute atomic E-state index is 13.1. The Morgan fingerprint density at radius 3 is 1.68 bits per heavy atom. The molecule has 212 valence electrons. The highest BCUT2D eigenvalue weighted by Crippen LogP contribution is 2.40. The van der Waals surface area contributed by atoms with E-state index in [0.29, 0.717) is 25.7 Å². The van der Waals surface area contributed by atoms with Gasteiger partial charge >= 0.3 is 12.1 Å². The SMILES string of the molecule is COC(=O)CCCCC(COC(c1ccccc1)(c1ccccc1)c1ccccc1)N(C=O)C(=O)OC(C)(C)C. The van der Waals surface area contributed by atoms with Crippen molar-refractivity contribution in [1.82, 2.24) is 4.90 Å². The van der Waals surface area contributed by atoms with Gasteiger partial charge in [0.1, 0.15) is 11.2 Å². The third kappa shape index (κ3) is 8.02. The standard InChI is InChI=1S/C33H39NO6/c1-32(2,3)40-31(37)34(25-35)29(22-14-15-23-30(36)38-4)24-39-33(26-16-8-5-9-17-26,27-18-10-6-11-19-27)28-20-12-7-13-21-28/h5-13,16-21,25,29H,14-15,22-24H2,1-4H3. The van der Waals surface area contributed by atoms with Gasteiger partial charge in [0.25, 0.3) is 0 Å². The molecule has 1 unspecified atom stereocenters. The van der Waals surface area contributed by atoms with E-state index in [2.05, 4.69) is 0 Å². The van der Waals surface area contributed by atoms with E-state index >= 15 is 0 Å². The summed E-state index contributed by atoms with van der Waals surface area (Å²) in [5.74, 6) is -0.302. The van der Waals surface area contributed by atoms with Gasteiger partial charge in [-0.25, -0.2) is 9.69 Å². The topological polar surface area (TPSA) is 82.1 Å². The Hall–Kier alpha value is -3.97. The van der Waals surface area contributed by atoms with Crippen molar-refractivity contribution >= 4 is 18.5 Å². The number of unbranched alkanes of at least 4 members (excludes halogenated alkanes) is 1. The lowest BCUT2D eigenvalue weighted by atomic mass is 9.80. The maximum atomic E-state index is 13.1. The second-order valence-corrected chi connectivity index (χ2v) is 10.6. The zero-order valence-electron chi connectivity index (χ0n) is 23.7. The van der Waals surface area contributed by atoms with Crippen LogP contribution in [0.5, 0.6) is 0 Å². The highest BCUT2D eigenvalue weighted by atomic mass is 16.6. The molecule has 0 heterocycles. The van der Waals surface area contributed by atoms with Gasteiger partial charge < -0.3 is 14.2 Å². The molecule has 0 N–H and O–H groups in total. The molecule has 0 spiro atoms. The highest BCUT2D eigenvalue weighted by molar-refractivity contribution is 5.81. The van der Waals surface area contributed by atoms with Crippen LogP contribution in [-0.2, 0) is 29.4 Å². The van der Waals surface area contributed by atoms with Crippen molar-refractivity contribution in [3.63, 3.8) is 0 Å². The maximum Gasteiger partial charge on any atom is 0.417 e. The second kappa shape index (κ2) is 14.4. The number of nitrogens with zero attached hydrogens (tertiary/aromatic N) is 1. The van der Waals surface area contributed by atoms with Gasteiger partial charge in [-0.05, 0) is 50.3 Å². The largest absolute Gasteiger partial charge is 0.469 e. The summed E-state index contributed by atoms with van der Waals surface area (Å²) in [7, 11) is 1.35. The fourth-order valence-corrected chi connectivity index (χ4v) is 4.64. The third-order valence-corrected chi connectivity index (χ3v) is 6.54. The number of carbonyl (C=O) groups excluding carboxylic acids is 3. The first kappa shape index (κ1) is 30.6. The van der Waals surface area contributed by atoms with Crippen molar-refractivity contribution in [2.24, 2.45) is 0 Å². The van der Waals surface area contributed by atoms with E-state index in [9.17, 15) is 14.4 Å². The van der Waals surface area contributed by atoms with Crippen LogP contribution in [-0.4, -0.2) is 48.7 Å². The first-order valence-electron chi connectivity index (χ1n) is 13.5. The van der Waals surface area contributed by atoms with Crippen LogP contribution < -0.4 is 0 Å². The van der Waals surface area contributed by atoms with Crippen LogP contribution in [0.4, 0.5) is 4.79 Å². The number of esters is 1. The number of rotatable bonds is 13. The Kier molecular flexibility index (Phi) is 11.0. The molecule has 3 aromatic rings. The van der Waals surface area contributed by atoms with E-state index in [0.717, 1.165) is 21.6 Å². The fourth-order valence-electron chi connectivity index (χ4n) is 4.64.